The first-order valence-corrected chi connectivity index (χ1v) is 5.70. The summed E-state index contributed by atoms with van der Waals surface area (Å²) in [4.78, 5) is 4.33. The lowest BCUT2D eigenvalue weighted by Gasteiger charge is -2.17. The summed E-state index contributed by atoms with van der Waals surface area (Å²) in [6.45, 7) is 5.40. The number of aromatic nitrogens is 1. The Morgan fingerprint density at radius 3 is 2.85 bits per heavy atom. The Morgan fingerprint density at radius 1 is 1.46 bits per heavy atom. The van der Waals surface area contributed by atoms with Crippen molar-refractivity contribution in [2.75, 3.05) is 11.9 Å². The number of rotatable bonds is 0. The van der Waals surface area contributed by atoms with Gasteiger partial charge in [-0.25, -0.2) is 4.98 Å². The molecule has 1 aromatic rings. The summed E-state index contributed by atoms with van der Waals surface area (Å²) in [6.07, 6.45) is 0. The quantitative estimate of drug-likeness (QED) is 0.744. The number of hydrogen-bond acceptors (Lipinski definition) is 2. The van der Waals surface area contributed by atoms with E-state index in [0.29, 0.717) is 0 Å². The predicted molar refractivity (Wildman–Crippen MR) is 61.2 cm³/mol. The van der Waals surface area contributed by atoms with Crippen LogP contribution in [0.25, 0.3) is 0 Å². The molecule has 0 atom stereocenters. The Bertz CT molecular complexity index is 361. The van der Waals surface area contributed by atoms with Crippen molar-refractivity contribution in [3.63, 3.8) is 0 Å². The minimum atomic E-state index is 0.169. The van der Waals surface area contributed by atoms with E-state index in [9.17, 15) is 0 Å². The number of nitrogens with zero attached hydrogens (tertiary/aromatic N) is 1. The Morgan fingerprint density at radius 2 is 2.15 bits per heavy atom. The summed E-state index contributed by atoms with van der Waals surface area (Å²) < 4.78 is 1.80. The molecule has 0 spiro atoms. The van der Waals surface area contributed by atoms with E-state index in [1.165, 1.54) is 11.3 Å². The van der Waals surface area contributed by atoms with Crippen molar-refractivity contribution < 1.29 is 0 Å². The molecule has 1 N–H and O–H groups in total. The third-order valence-electron chi connectivity index (χ3n) is 2.34. The lowest BCUT2D eigenvalue weighted by molar-refractivity contribution is 0.581. The zero-order chi connectivity index (χ0) is 9.64. The van der Waals surface area contributed by atoms with Gasteiger partial charge in [-0.05, 0) is 37.9 Å². The fourth-order valence-electron chi connectivity index (χ4n) is 1.67. The molecule has 1 aliphatic heterocycles. The number of fused-ring (bicyclic) bond motifs is 1. The van der Waals surface area contributed by atoms with Crippen LogP contribution >= 0.6 is 31.9 Å². The number of anilines is 1. The standard InChI is InChI=1S/C9H10Br2N2/c1-9(2)4-12-5-3-6(10)13-8(11)7(5)9/h3,12H,4H2,1-2H3. The average Bonchev–Trinajstić information content (AvgIpc) is 2.26. The Kier molecular flexibility index (Phi) is 2.15. The van der Waals surface area contributed by atoms with Crippen LogP contribution in [-0.4, -0.2) is 11.5 Å². The van der Waals surface area contributed by atoms with E-state index >= 15 is 0 Å². The zero-order valence-electron chi connectivity index (χ0n) is 7.49. The van der Waals surface area contributed by atoms with Crippen LogP contribution < -0.4 is 5.32 Å². The van der Waals surface area contributed by atoms with Crippen molar-refractivity contribution in [3.05, 3.63) is 20.8 Å². The largest absolute Gasteiger partial charge is 0.384 e. The van der Waals surface area contributed by atoms with Gasteiger partial charge in [0, 0.05) is 23.2 Å². The van der Waals surface area contributed by atoms with Gasteiger partial charge in [0.2, 0.25) is 0 Å². The molecule has 0 radical (unpaired) electrons. The fraction of sp³-hybridized carbons (Fsp3) is 0.444. The maximum atomic E-state index is 4.33. The summed E-state index contributed by atoms with van der Waals surface area (Å²) >= 11 is 6.86. The predicted octanol–water partition coefficient (Wildman–Crippen LogP) is 3.31. The molecule has 0 bridgehead atoms. The second kappa shape index (κ2) is 2.95. The van der Waals surface area contributed by atoms with Gasteiger partial charge in [-0.2, -0.15) is 0 Å². The highest BCUT2D eigenvalue weighted by Gasteiger charge is 2.32. The molecule has 1 aliphatic rings. The Balaban J connectivity index is 2.65. The molecule has 70 valence electrons. The summed E-state index contributed by atoms with van der Waals surface area (Å²) in [5, 5.41) is 3.37. The molecule has 0 fully saturated rings. The first-order valence-electron chi connectivity index (χ1n) is 4.11. The lowest BCUT2D eigenvalue weighted by Crippen LogP contribution is -2.19. The van der Waals surface area contributed by atoms with Crippen molar-refractivity contribution in [1.82, 2.24) is 4.98 Å². The average molecular weight is 306 g/mol. The van der Waals surface area contributed by atoms with Crippen LogP contribution in [0.5, 0.6) is 0 Å². The summed E-state index contributed by atoms with van der Waals surface area (Å²) in [7, 11) is 0. The second-order valence-electron chi connectivity index (χ2n) is 3.90. The maximum Gasteiger partial charge on any atom is 0.113 e. The zero-order valence-corrected chi connectivity index (χ0v) is 10.7. The molecule has 0 aliphatic carbocycles. The van der Waals surface area contributed by atoms with E-state index in [2.05, 4.69) is 56.0 Å². The Hall–Kier alpha value is -0.0900. The van der Waals surface area contributed by atoms with Gasteiger partial charge in [0.25, 0.3) is 0 Å². The number of hydrogen-bond donors (Lipinski definition) is 1. The van der Waals surface area contributed by atoms with Gasteiger partial charge >= 0.3 is 0 Å². The molecule has 4 heteroatoms. The molecule has 0 saturated heterocycles. The third-order valence-corrected chi connectivity index (χ3v) is 3.32. The molecule has 1 aromatic heterocycles. The van der Waals surface area contributed by atoms with E-state index in [-0.39, 0.29) is 5.41 Å². The molecule has 0 saturated carbocycles. The SMILES string of the molecule is CC1(C)CNc2cc(Br)nc(Br)c21. The van der Waals surface area contributed by atoms with Gasteiger partial charge in [0.05, 0.1) is 0 Å². The molecular weight excluding hydrogens is 296 g/mol. The minimum Gasteiger partial charge on any atom is -0.384 e. The number of halogens is 2. The molecule has 2 nitrogen and oxygen atoms in total. The van der Waals surface area contributed by atoms with Crippen molar-refractivity contribution in [3.8, 4) is 0 Å². The summed E-state index contributed by atoms with van der Waals surface area (Å²) in [6, 6.07) is 2.02. The van der Waals surface area contributed by atoms with E-state index in [1.807, 2.05) is 6.07 Å². The van der Waals surface area contributed by atoms with Gasteiger partial charge in [0.15, 0.2) is 0 Å². The first kappa shape index (κ1) is 9.46. The molecule has 13 heavy (non-hydrogen) atoms. The van der Waals surface area contributed by atoms with Gasteiger partial charge in [-0.1, -0.05) is 13.8 Å². The van der Waals surface area contributed by atoms with Crippen LogP contribution in [0.4, 0.5) is 5.69 Å². The van der Waals surface area contributed by atoms with Gasteiger partial charge in [-0.3, -0.25) is 0 Å². The van der Waals surface area contributed by atoms with Crippen molar-refractivity contribution in [2.45, 2.75) is 19.3 Å². The molecule has 0 amide bonds. The van der Waals surface area contributed by atoms with Crippen LogP contribution in [0.15, 0.2) is 15.3 Å². The second-order valence-corrected chi connectivity index (χ2v) is 5.46. The highest BCUT2D eigenvalue weighted by atomic mass is 79.9. The van der Waals surface area contributed by atoms with Crippen molar-refractivity contribution in [2.24, 2.45) is 0 Å². The minimum absolute atomic E-state index is 0.169. The molecule has 0 aromatic carbocycles. The highest BCUT2D eigenvalue weighted by molar-refractivity contribution is 9.11. The lowest BCUT2D eigenvalue weighted by atomic mass is 9.88. The fourth-order valence-corrected chi connectivity index (χ4v) is 3.26. The van der Waals surface area contributed by atoms with Crippen LogP contribution in [-0.2, 0) is 5.41 Å². The van der Waals surface area contributed by atoms with E-state index in [4.69, 9.17) is 0 Å². The van der Waals surface area contributed by atoms with Gasteiger partial charge < -0.3 is 5.32 Å². The summed E-state index contributed by atoms with van der Waals surface area (Å²) in [5.41, 5.74) is 2.62. The smallest absolute Gasteiger partial charge is 0.113 e. The van der Waals surface area contributed by atoms with Gasteiger partial charge in [-0.15, -0.1) is 0 Å². The molecule has 2 heterocycles. The summed E-state index contributed by atoms with van der Waals surface area (Å²) in [5.74, 6) is 0. The van der Waals surface area contributed by atoms with Crippen LogP contribution in [0.3, 0.4) is 0 Å². The van der Waals surface area contributed by atoms with Crippen LogP contribution in [0.1, 0.15) is 19.4 Å². The normalized spacial score (nSPS) is 18.2. The maximum absolute atomic E-state index is 4.33. The monoisotopic (exact) mass is 304 g/mol. The van der Waals surface area contributed by atoms with E-state index in [1.54, 1.807) is 0 Å². The van der Waals surface area contributed by atoms with Crippen LogP contribution in [0.2, 0.25) is 0 Å². The van der Waals surface area contributed by atoms with Crippen molar-refractivity contribution in [1.29, 1.82) is 0 Å². The van der Waals surface area contributed by atoms with E-state index in [0.717, 1.165) is 15.8 Å². The topological polar surface area (TPSA) is 24.9 Å². The molecular formula is C9H10Br2N2. The Labute approximate surface area is 94.4 Å². The third kappa shape index (κ3) is 1.50. The first-order chi connectivity index (χ1) is 6.00. The van der Waals surface area contributed by atoms with Crippen molar-refractivity contribution >= 4 is 37.5 Å². The molecule has 2 rings (SSSR count). The van der Waals surface area contributed by atoms with Gasteiger partial charge in [0.1, 0.15) is 9.21 Å². The number of pyridine rings is 1. The highest BCUT2D eigenvalue weighted by Crippen LogP contribution is 2.41. The molecule has 0 unspecified atom stereocenters. The van der Waals surface area contributed by atoms with Crippen LogP contribution in [0, 0.1) is 0 Å². The number of nitrogens with one attached hydrogen (secondary N) is 1. The van der Waals surface area contributed by atoms with E-state index < -0.39 is 0 Å².